The van der Waals surface area contributed by atoms with Crippen molar-refractivity contribution >= 4 is 45.8 Å². The number of rotatable bonds is 13. The number of imidazole rings is 1. The van der Waals surface area contributed by atoms with Crippen LogP contribution < -0.4 is 16.3 Å². The number of carbonyl (C=O) groups excluding carboxylic acids is 2. The number of anilines is 2. The summed E-state index contributed by atoms with van der Waals surface area (Å²) >= 11 is 6.31. The summed E-state index contributed by atoms with van der Waals surface area (Å²) in [7, 11) is 1.70. The second-order valence-corrected chi connectivity index (χ2v) is 8.59. The number of benzene rings is 2. The van der Waals surface area contributed by atoms with Crippen LogP contribution in [0.1, 0.15) is 41.6 Å². The van der Waals surface area contributed by atoms with E-state index in [4.69, 9.17) is 26.4 Å². The molecular weight excluding hydrogens is 493 g/mol. The van der Waals surface area contributed by atoms with Crippen molar-refractivity contribution in [1.29, 1.82) is 0 Å². The van der Waals surface area contributed by atoms with Crippen molar-refractivity contribution in [2.24, 2.45) is 7.05 Å². The van der Waals surface area contributed by atoms with Gasteiger partial charge in [-0.1, -0.05) is 24.1 Å². The van der Waals surface area contributed by atoms with Crippen LogP contribution in [0.2, 0.25) is 5.02 Å². The van der Waals surface area contributed by atoms with Gasteiger partial charge >= 0.3 is 0 Å². The smallest absolute Gasteiger partial charge is 0.277 e. The molecule has 0 atom stereocenters. The van der Waals surface area contributed by atoms with Crippen LogP contribution in [-0.2, 0) is 21.4 Å². The Morgan fingerprint density at radius 3 is 2.72 bits per heavy atom. The van der Waals surface area contributed by atoms with E-state index in [1.165, 1.54) is 12.4 Å². The molecule has 0 aliphatic carbocycles. The number of hydrogen-bond donors (Lipinski definition) is 4. The van der Waals surface area contributed by atoms with E-state index in [9.17, 15) is 9.59 Å². The number of aromatic nitrogens is 2. The topological polar surface area (TPSA) is 127 Å². The van der Waals surface area contributed by atoms with Gasteiger partial charge in [0.25, 0.3) is 5.91 Å². The Bertz CT molecular complexity index is 1220. The average Bonchev–Trinajstić information content (AvgIpc) is 3.23. The molecule has 1 aromatic heterocycles. The third-order valence-corrected chi connectivity index (χ3v) is 5.71. The van der Waals surface area contributed by atoms with Crippen molar-refractivity contribution in [2.75, 3.05) is 25.1 Å². The molecule has 0 bridgehead atoms. The summed E-state index contributed by atoms with van der Waals surface area (Å²) in [6, 6.07) is 6.79. The molecule has 194 valence electrons. The van der Waals surface area contributed by atoms with Crippen LogP contribution in [0.3, 0.4) is 0 Å². The highest BCUT2D eigenvalue weighted by molar-refractivity contribution is 6.33. The number of aryl methyl sites for hydroxylation is 2. The highest BCUT2D eigenvalue weighted by Crippen LogP contribution is 2.33. The molecular formula is C24H29ClFN5O5. The van der Waals surface area contributed by atoms with Crippen LogP contribution in [-0.4, -0.2) is 46.4 Å². The number of hydroxylamine groups is 2. The largest absolute Gasteiger partial charge is 0.379 e. The van der Waals surface area contributed by atoms with Gasteiger partial charge in [-0.25, -0.2) is 20.3 Å². The standard InChI is InChI=1S/C24H29ClFN5O5/c1-15-7-8-18(17(25)12-15)28-22-16(13-19-23(21(22)26)27-14-31(19)2)24(33)30-36-11-10-35-9-5-3-4-6-20(32)29-34/h7-8,12-14,28,34H,3-6,9-11H2,1-2H3,(H,29,32)(H,30,33). The molecule has 0 saturated carbocycles. The van der Waals surface area contributed by atoms with E-state index in [-0.39, 0.29) is 36.4 Å². The van der Waals surface area contributed by atoms with Crippen LogP contribution in [0.5, 0.6) is 0 Å². The number of nitrogens with one attached hydrogen (secondary N) is 3. The molecule has 0 radical (unpaired) electrons. The van der Waals surface area contributed by atoms with Gasteiger partial charge in [0.15, 0.2) is 5.82 Å². The average molecular weight is 522 g/mol. The fourth-order valence-corrected chi connectivity index (χ4v) is 3.76. The molecule has 12 heteroatoms. The number of nitrogens with zero attached hydrogens (tertiary/aromatic N) is 2. The Hall–Kier alpha value is -3.25. The highest BCUT2D eigenvalue weighted by atomic mass is 35.5. The Labute approximate surface area is 212 Å². The van der Waals surface area contributed by atoms with Gasteiger partial charge in [0.05, 0.1) is 47.0 Å². The van der Waals surface area contributed by atoms with Gasteiger partial charge in [-0.15, -0.1) is 0 Å². The molecule has 3 rings (SSSR count). The Morgan fingerprint density at radius 1 is 1.17 bits per heavy atom. The summed E-state index contributed by atoms with van der Waals surface area (Å²) in [4.78, 5) is 33.2. The highest BCUT2D eigenvalue weighted by Gasteiger charge is 2.22. The van der Waals surface area contributed by atoms with Gasteiger partial charge in [0, 0.05) is 20.1 Å². The fourth-order valence-electron chi connectivity index (χ4n) is 3.48. The maximum atomic E-state index is 15.4. The molecule has 1 heterocycles. The molecule has 36 heavy (non-hydrogen) atoms. The Kier molecular flexibility index (Phi) is 10.00. The molecule has 10 nitrogen and oxygen atoms in total. The van der Waals surface area contributed by atoms with Crippen molar-refractivity contribution in [2.45, 2.75) is 32.6 Å². The van der Waals surface area contributed by atoms with E-state index in [2.05, 4.69) is 15.8 Å². The maximum Gasteiger partial charge on any atom is 0.277 e. The summed E-state index contributed by atoms with van der Waals surface area (Å²) in [5, 5.41) is 11.7. The number of unbranched alkanes of at least 4 members (excludes halogenated alkanes) is 2. The SMILES string of the molecule is Cc1ccc(Nc2c(C(=O)NOCCOCCCCCC(=O)NO)cc3c(ncn3C)c2F)c(Cl)c1. The van der Waals surface area contributed by atoms with Crippen molar-refractivity contribution in [3.8, 4) is 0 Å². The molecule has 0 unspecified atom stereocenters. The van der Waals surface area contributed by atoms with Crippen molar-refractivity contribution in [3.05, 3.63) is 52.6 Å². The first-order valence-corrected chi connectivity index (χ1v) is 11.8. The molecule has 2 aromatic carbocycles. The zero-order chi connectivity index (χ0) is 26.1. The minimum Gasteiger partial charge on any atom is -0.379 e. The molecule has 0 aliphatic heterocycles. The summed E-state index contributed by atoms with van der Waals surface area (Å²) in [5.74, 6) is -1.75. The lowest BCUT2D eigenvalue weighted by Gasteiger charge is -2.15. The zero-order valence-electron chi connectivity index (χ0n) is 20.1. The molecule has 2 amide bonds. The maximum absolute atomic E-state index is 15.4. The quantitative estimate of drug-likeness (QED) is 0.151. The Morgan fingerprint density at radius 2 is 1.97 bits per heavy atom. The first-order valence-electron chi connectivity index (χ1n) is 11.4. The predicted molar refractivity (Wildman–Crippen MR) is 133 cm³/mol. The number of ether oxygens (including phenoxy) is 1. The van der Waals surface area contributed by atoms with Crippen molar-refractivity contribution in [3.63, 3.8) is 0 Å². The van der Waals surface area contributed by atoms with E-state index in [1.54, 1.807) is 29.2 Å². The van der Waals surface area contributed by atoms with Gasteiger partial charge in [0.2, 0.25) is 5.91 Å². The predicted octanol–water partition coefficient (Wildman–Crippen LogP) is 4.16. The molecule has 0 saturated heterocycles. The van der Waals surface area contributed by atoms with E-state index in [0.29, 0.717) is 29.3 Å². The number of fused-ring (bicyclic) bond motifs is 1. The number of halogens is 2. The molecule has 0 fully saturated rings. The third-order valence-electron chi connectivity index (χ3n) is 5.40. The van der Waals surface area contributed by atoms with Crippen LogP contribution in [0.4, 0.5) is 15.8 Å². The molecule has 4 N–H and O–H groups in total. The minimum absolute atomic E-state index is 0.0214. The lowest BCUT2D eigenvalue weighted by atomic mass is 10.1. The zero-order valence-corrected chi connectivity index (χ0v) is 20.8. The van der Waals surface area contributed by atoms with Crippen LogP contribution in [0.15, 0.2) is 30.6 Å². The minimum atomic E-state index is -0.685. The third kappa shape index (κ3) is 7.14. The van der Waals surface area contributed by atoms with Gasteiger partial charge in [-0.2, -0.15) is 0 Å². The first-order chi connectivity index (χ1) is 17.3. The molecule has 3 aromatic rings. The summed E-state index contributed by atoms with van der Waals surface area (Å²) in [6.07, 6.45) is 3.88. The van der Waals surface area contributed by atoms with Gasteiger partial charge in [-0.05, 0) is 43.5 Å². The lowest BCUT2D eigenvalue weighted by molar-refractivity contribution is -0.129. The molecule has 0 spiro atoms. The number of amides is 2. The second-order valence-electron chi connectivity index (χ2n) is 8.18. The van der Waals surface area contributed by atoms with Crippen molar-refractivity contribution in [1.82, 2.24) is 20.5 Å². The van der Waals surface area contributed by atoms with Gasteiger partial charge in [-0.3, -0.25) is 19.6 Å². The van der Waals surface area contributed by atoms with Crippen LogP contribution in [0, 0.1) is 12.7 Å². The second kappa shape index (κ2) is 13.2. The van der Waals surface area contributed by atoms with Crippen LogP contribution in [0.25, 0.3) is 11.0 Å². The van der Waals surface area contributed by atoms with E-state index in [0.717, 1.165) is 18.4 Å². The van der Waals surface area contributed by atoms with Gasteiger partial charge < -0.3 is 14.6 Å². The first kappa shape index (κ1) is 27.3. The summed E-state index contributed by atoms with van der Waals surface area (Å²) < 4.78 is 22.5. The molecule has 0 aliphatic rings. The Balaban J connectivity index is 1.58. The number of carbonyl (C=O) groups is 2. The number of hydrogen-bond acceptors (Lipinski definition) is 7. The van der Waals surface area contributed by atoms with Gasteiger partial charge in [0.1, 0.15) is 5.52 Å². The summed E-state index contributed by atoms with van der Waals surface area (Å²) in [5.41, 5.74) is 5.80. The van der Waals surface area contributed by atoms with E-state index >= 15 is 4.39 Å². The van der Waals surface area contributed by atoms with E-state index in [1.807, 2.05) is 13.0 Å². The summed E-state index contributed by atoms with van der Waals surface area (Å²) in [6.45, 7) is 2.67. The lowest BCUT2D eigenvalue weighted by Crippen LogP contribution is -2.26. The van der Waals surface area contributed by atoms with E-state index < -0.39 is 17.6 Å². The monoisotopic (exact) mass is 521 g/mol. The van der Waals surface area contributed by atoms with Crippen LogP contribution >= 0.6 is 11.6 Å². The van der Waals surface area contributed by atoms with Crippen molar-refractivity contribution < 1.29 is 28.8 Å². The normalized spacial score (nSPS) is 11.0. The fraction of sp³-hybridized carbons (Fsp3) is 0.375.